The lowest BCUT2D eigenvalue weighted by Crippen LogP contribution is -2.33. The van der Waals surface area contributed by atoms with Crippen LogP contribution in [0.15, 0.2) is 70.5 Å². The lowest BCUT2D eigenvalue weighted by Gasteiger charge is -2.18. The number of benzene rings is 2. The van der Waals surface area contributed by atoms with Gasteiger partial charge in [-0.15, -0.1) is 11.3 Å². The average molecular weight is 420 g/mol. The van der Waals surface area contributed by atoms with Crippen molar-refractivity contribution in [3.05, 3.63) is 86.8 Å². The second-order valence-electron chi connectivity index (χ2n) is 5.29. The van der Waals surface area contributed by atoms with Gasteiger partial charge in [-0.2, -0.15) is 0 Å². The van der Waals surface area contributed by atoms with Crippen molar-refractivity contribution in [1.82, 2.24) is 5.32 Å². The van der Waals surface area contributed by atoms with Crippen molar-refractivity contribution in [3.63, 3.8) is 0 Å². The van der Waals surface area contributed by atoms with Gasteiger partial charge in [0, 0.05) is 9.35 Å². The Kier molecular flexibility index (Phi) is 5.83. The Morgan fingerprint density at radius 3 is 2.64 bits per heavy atom. The second kappa shape index (κ2) is 8.27. The van der Waals surface area contributed by atoms with Gasteiger partial charge in [-0.25, -0.2) is 4.39 Å². The van der Waals surface area contributed by atoms with Gasteiger partial charge < -0.3 is 10.1 Å². The van der Waals surface area contributed by atoms with Crippen molar-refractivity contribution in [1.29, 1.82) is 0 Å². The van der Waals surface area contributed by atoms with Gasteiger partial charge in [-0.3, -0.25) is 4.79 Å². The summed E-state index contributed by atoms with van der Waals surface area (Å²) in [4.78, 5) is 13.3. The van der Waals surface area contributed by atoms with Crippen LogP contribution < -0.4 is 10.1 Å². The fourth-order valence-corrected chi connectivity index (χ4v) is 3.49. The number of rotatable bonds is 6. The molecule has 3 nitrogen and oxygen atoms in total. The first-order chi connectivity index (χ1) is 12.1. The van der Waals surface area contributed by atoms with Gasteiger partial charge in [0.15, 0.2) is 18.2 Å². The summed E-state index contributed by atoms with van der Waals surface area (Å²) in [5.41, 5.74) is 0.980. The molecular weight excluding hydrogens is 405 g/mol. The molecule has 1 N–H and O–H groups in total. The molecule has 3 aromatic rings. The number of thiophene rings is 1. The van der Waals surface area contributed by atoms with Crippen LogP contribution in [-0.2, 0) is 4.79 Å². The number of nitrogens with one attached hydrogen (secondary N) is 1. The summed E-state index contributed by atoms with van der Waals surface area (Å²) >= 11 is 4.75. The largest absolute Gasteiger partial charge is 0.481 e. The first-order valence-corrected chi connectivity index (χ1v) is 9.26. The normalized spacial score (nSPS) is 11.8. The summed E-state index contributed by atoms with van der Waals surface area (Å²) in [5.74, 6) is -0.782. The van der Waals surface area contributed by atoms with E-state index in [1.807, 2.05) is 47.8 Å². The minimum Gasteiger partial charge on any atom is -0.481 e. The zero-order valence-electron chi connectivity index (χ0n) is 13.1. The molecule has 0 spiro atoms. The molecule has 1 heterocycles. The third kappa shape index (κ3) is 4.67. The minimum absolute atomic E-state index is 0.0470. The van der Waals surface area contributed by atoms with E-state index in [0.29, 0.717) is 4.47 Å². The Balaban J connectivity index is 1.68. The van der Waals surface area contributed by atoms with Crippen LogP contribution in [-0.4, -0.2) is 12.5 Å². The highest BCUT2D eigenvalue weighted by Gasteiger charge is 2.18. The summed E-state index contributed by atoms with van der Waals surface area (Å²) in [6, 6.07) is 17.8. The van der Waals surface area contributed by atoms with Crippen LogP contribution in [0.5, 0.6) is 5.75 Å². The maximum atomic E-state index is 13.8. The summed E-state index contributed by atoms with van der Waals surface area (Å²) in [6.45, 7) is -0.257. The SMILES string of the molecule is O=C(COc1ccc(Br)cc1F)N[C@H](c1ccccc1)c1cccs1. The molecule has 1 atom stereocenters. The average Bonchev–Trinajstić information content (AvgIpc) is 3.14. The number of ether oxygens (including phenoxy) is 1. The summed E-state index contributed by atoms with van der Waals surface area (Å²) < 4.78 is 19.7. The first kappa shape index (κ1) is 17.6. The van der Waals surface area contributed by atoms with Crippen molar-refractivity contribution >= 4 is 33.2 Å². The molecule has 0 aliphatic rings. The van der Waals surface area contributed by atoms with Gasteiger partial charge in [-0.05, 0) is 35.2 Å². The number of hydrogen-bond acceptors (Lipinski definition) is 3. The molecule has 128 valence electrons. The zero-order valence-corrected chi connectivity index (χ0v) is 15.5. The molecule has 25 heavy (non-hydrogen) atoms. The summed E-state index contributed by atoms with van der Waals surface area (Å²) in [6.07, 6.45) is 0. The molecule has 0 fully saturated rings. The van der Waals surface area contributed by atoms with Gasteiger partial charge in [0.1, 0.15) is 0 Å². The van der Waals surface area contributed by atoms with Crippen LogP contribution in [0, 0.1) is 5.82 Å². The van der Waals surface area contributed by atoms with Crippen LogP contribution in [0.3, 0.4) is 0 Å². The van der Waals surface area contributed by atoms with Crippen molar-refractivity contribution in [2.24, 2.45) is 0 Å². The molecule has 0 bridgehead atoms. The highest BCUT2D eigenvalue weighted by atomic mass is 79.9. The first-order valence-electron chi connectivity index (χ1n) is 7.59. The number of halogens is 2. The third-order valence-electron chi connectivity index (χ3n) is 3.52. The maximum Gasteiger partial charge on any atom is 0.258 e. The van der Waals surface area contributed by atoms with E-state index in [0.717, 1.165) is 10.4 Å². The zero-order chi connectivity index (χ0) is 17.6. The van der Waals surface area contributed by atoms with Crippen molar-refractivity contribution in [3.8, 4) is 5.75 Å². The van der Waals surface area contributed by atoms with Gasteiger partial charge in [0.2, 0.25) is 0 Å². The van der Waals surface area contributed by atoms with Crippen LogP contribution in [0.1, 0.15) is 16.5 Å². The lowest BCUT2D eigenvalue weighted by molar-refractivity contribution is -0.123. The Hall–Kier alpha value is -2.18. The molecule has 0 saturated heterocycles. The van der Waals surface area contributed by atoms with Gasteiger partial charge in [0.25, 0.3) is 5.91 Å². The van der Waals surface area contributed by atoms with E-state index >= 15 is 0 Å². The fourth-order valence-electron chi connectivity index (χ4n) is 2.36. The predicted octanol–water partition coefficient (Wildman–Crippen LogP) is 4.93. The molecule has 1 amide bonds. The molecule has 1 aromatic heterocycles. The van der Waals surface area contributed by atoms with Crippen molar-refractivity contribution in [2.45, 2.75) is 6.04 Å². The standard InChI is InChI=1S/C19H15BrFNO2S/c20-14-8-9-16(15(21)11-14)24-12-18(23)22-19(17-7-4-10-25-17)13-5-2-1-3-6-13/h1-11,19H,12H2,(H,22,23)/t19-/m1/s1. The molecule has 0 unspecified atom stereocenters. The highest BCUT2D eigenvalue weighted by Crippen LogP contribution is 2.26. The molecule has 6 heteroatoms. The summed E-state index contributed by atoms with van der Waals surface area (Å²) in [5, 5.41) is 4.91. The molecule has 2 aromatic carbocycles. The maximum absolute atomic E-state index is 13.8. The van der Waals surface area contributed by atoms with Crippen LogP contribution in [0.25, 0.3) is 0 Å². The van der Waals surface area contributed by atoms with E-state index in [2.05, 4.69) is 21.2 Å². The van der Waals surface area contributed by atoms with Crippen molar-refractivity contribution in [2.75, 3.05) is 6.61 Å². The molecule has 0 aliphatic carbocycles. The monoisotopic (exact) mass is 419 g/mol. The van der Waals surface area contributed by atoms with E-state index in [-0.39, 0.29) is 24.3 Å². The van der Waals surface area contributed by atoms with Crippen LogP contribution >= 0.6 is 27.3 Å². The van der Waals surface area contributed by atoms with Gasteiger partial charge in [-0.1, -0.05) is 52.3 Å². The number of carbonyl (C=O) groups is 1. The highest BCUT2D eigenvalue weighted by molar-refractivity contribution is 9.10. The van der Waals surface area contributed by atoms with Crippen LogP contribution in [0.4, 0.5) is 4.39 Å². The fraction of sp³-hybridized carbons (Fsp3) is 0.105. The Bertz CT molecular complexity index is 840. The number of amides is 1. The van der Waals surface area contributed by atoms with E-state index < -0.39 is 5.82 Å². The lowest BCUT2D eigenvalue weighted by atomic mass is 10.1. The number of carbonyl (C=O) groups excluding carboxylic acids is 1. The van der Waals surface area contributed by atoms with E-state index in [4.69, 9.17) is 4.74 Å². The van der Waals surface area contributed by atoms with E-state index in [1.165, 1.54) is 12.1 Å². The predicted molar refractivity (Wildman–Crippen MR) is 100 cm³/mol. The summed E-state index contributed by atoms with van der Waals surface area (Å²) in [7, 11) is 0. The number of hydrogen-bond donors (Lipinski definition) is 1. The van der Waals surface area contributed by atoms with E-state index in [1.54, 1.807) is 17.4 Å². The molecular formula is C19H15BrFNO2S. The van der Waals surface area contributed by atoms with E-state index in [9.17, 15) is 9.18 Å². The molecule has 3 rings (SSSR count). The minimum atomic E-state index is -0.514. The smallest absolute Gasteiger partial charge is 0.258 e. The quantitative estimate of drug-likeness (QED) is 0.614. The molecule has 0 saturated carbocycles. The molecule has 0 aliphatic heterocycles. The Morgan fingerprint density at radius 2 is 1.96 bits per heavy atom. The Morgan fingerprint density at radius 1 is 1.16 bits per heavy atom. The second-order valence-corrected chi connectivity index (χ2v) is 7.18. The van der Waals surface area contributed by atoms with Gasteiger partial charge >= 0.3 is 0 Å². The third-order valence-corrected chi connectivity index (χ3v) is 4.95. The van der Waals surface area contributed by atoms with Crippen molar-refractivity contribution < 1.29 is 13.9 Å². The van der Waals surface area contributed by atoms with Crippen LogP contribution in [0.2, 0.25) is 0 Å². The molecule has 0 radical (unpaired) electrons. The topological polar surface area (TPSA) is 38.3 Å². The Labute approximate surface area is 157 Å². The van der Waals surface area contributed by atoms with Gasteiger partial charge in [0.05, 0.1) is 6.04 Å².